The Kier molecular flexibility index (Phi) is 3.94. The highest BCUT2D eigenvalue weighted by atomic mass is 35.5. The van der Waals surface area contributed by atoms with Crippen LogP contribution in [-0.2, 0) is 11.3 Å². The lowest BCUT2D eigenvalue weighted by Gasteiger charge is -2.15. The highest BCUT2D eigenvalue weighted by Crippen LogP contribution is 2.63. The van der Waals surface area contributed by atoms with E-state index in [1.54, 1.807) is 19.3 Å². The number of furan rings is 1. The molecule has 1 aliphatic rings. The van der Waals surface area contributed by atoms with E-state index in [-0.39, 0.29) is 11.0 Å². The van der Waals surface area contributed by atoms with Crippen molar-refractivity contribution in [1.82, 2.24) is 16.2 Å². The highest BCUT2D eigenvalue weighted by molar-refractivity contribution is 7.80. The Morgan fingerprint density at radius 2 is 2.21 bits per heavy atom. The fourth-order valence-electron chi connectivity index (χ4n) is 1.52. The number of hydrogen-bond acceptors (Lipinski definition) is 3. The lowest BCUT2D eigenvalue weighted by Crippen LogP contribution is -2.49. The number of amides is 1. The summed E-state index contributed by atoms with van der Waals surface area (Å²) in [5.74, 6) is 0.449. The largest absolute Gasteiger partial charge is 0.467 e. The van der Waals surface area contributed by atoms with E-state index < -0.39 is 9.75 Å². The molecule has 1 aliphatic carbocycles. The first-order valence-electron chi connectivity index (χ1n) is 5.60. The molecule has 104 valence electrons. The van der Waals surface area contributed by atoms with E-state index in [1.807, 2.05) is 6.07 Å². The second-order valence-corrected chi connectivity index (χ2v) is 6.45. The van der Waals surface area contributed by atoms with Gasteiger partial charge in [-0.05, 0) is 37.7 Å². The number of hydrazine groups is 1. The second kappa shape index (κ2) is 5.19. The number of halogens is 2. The van der Waals surface area contributed by atoms with E-state index in [0.717, 1.165) is 5.76 Å². The van der Waals surface area contributed by atoms with Gasteiger partial charge in [-0.25, -0.2) is 0 Å². The minimum absolute atomic E-state index is 0.281. The van der Waals surface area contributed by atoms with Crippen LogP contribution in [0.3, 0.4) is 0 Å². The summed E-state index contributed by atoms with van der Waals surface area (Å²) in [6, 6.07) is 3.60. The Hall–Kier alpha value is -0.980. The van der Waals surface area contributed by atoms with Gasteiger partial charge < -0.3 is 9.73 Å². The van der Waals surface area contributed by atoms with Gasteiger partial charge in [0.1, 0.15) is 10.1 Å². The Morgan fingerprint density at radius 1 is 1.53 bits per heavy atom. The topological polar surface area (TPSA) is 66.3 Å². The average molecular weight is 322 g/mol. The van der Waals surface area contributed by atoms with Crippen LogP contribution in [0.15, 0.2) is 22.8 Å². The van der Waals surface area contributed by atoms with Crippen molar-refractivity contribution in [2.45, 2.75) is 24.2 Å². The maximum Gasteiger partial charge on any atom is 0.247 e. The summed E-state index contributed by atoms with van der Waals surface area (Å²) in [6.45, 7) is 2.13. The van der Waals surface area contributed by atoms with Gasteiger partial charge in [0.25, 0.3) is 0 Å². The third-order valence-corrected chi connectivity index (χ3v) is 4.40. The lowest BCUT2D eigenvalue weighted by atomic mass is 10.1. The third-order valence-electron chi connectivity index (χ3n) is 3.05. The van der Waals surface area contributed by atoms with E-state index in [4.69, 9.17) is 39.8 Å². The molecule has 1 saturated carbocycles. The number of alkyl halides is 2. The van der Waals surface area contributed by atoms with Gasteiger partial charge in [-0.2, -0.15) is 0 Å². The Balaban J connectivity index is 1.71. The van der Waals surface area contributed by atoms with Crippen LogP contribution in [0, 0.1) is 5.41 Å². The highest BCUT2D eigenvalue weighted by Gasteiger charge is 2.68. The van der Waals surface area contributed by atoms with Crippen molar-refractivity contribution in [1.29, 1.82) is 0 Å². The van der Waals surface area contributed by atoms with Crippen molar-refractivity contribution >= 4 is 46.4 Å². The minimum Gasteiger partial charge on any atom is -0.467 e. The third kappa shape index (κ3) is 3.13. The van der Waals surface area contributed by atoms with Crippen LogP contribution in [0.2, 0.25) is 0 Å². The maximum absolute atomic E-state index is 11.8. The average Bonchev–Trinajstić information content (AvgIpc) is 2.73. The molecule has 0 saturated heterocycles. The van der Waals surface area contributed by atoms with Crippen molar-refractivity contribution in [3.8, 4) is 0 Å². The summed E-state index contributed by atoms with van der Waals surface area (Å²) < 4.78 is 4.13. The SMILES string of the molecule is C[C@]1(C(=O)NNC(=S)NCc2ccco2)CC1(Cl)Cl. The van der Waals surface area contributed by atoms with Crippen LogP contribution in [0.25, 0.3) is 0 Å². The molecule has 1 atom stereocenters. The molecule has 1 fully saturated rings. The molecule has 0 unspecified atom stereocenters. The predicted octanol–water partition coefficient (Wildman–Crippen LogP) is 1.86. The zero-order valence-electron chi connectivity index (χ0n) is 10.1. The van der Waals surface area contributed by atoms with Crippen LogP contribution in [-0.4, -0.2) is 15.4 Å². The van der Waals surface area contributed by atoms with E-state index >= 15 is 0 Å². The summed E-state index contributed by atoms with van der Waals surface area (Å²) in [5, 5.41) is 3.16. The Morgan fingerprint density at radius 3 is 2.74 bits per heavy atom. The van der Waals surface area contributed by atoms with Crippen LogP contribution in [0.1, 0.15) is 19.1 Å². The molecule has 3 N–H and O–H groups in total. The summed E-state index contributed by atoms with van der Waals surface area (Å²) in [5.41, 5.74) is 4.29. The molecule has 8 heteroatoms. The molecule has 0 spiro atoms. The maximum atomic E-state index is 11.8. The first-order chi connectivity index (χ1) is 8.85. The molecule has 0 aromatic carbocycles. The van der Waals surface area contributed by atoms with Gasteiger partial charge in [0.05, 0.1) is 18.2 Å². The standard InChI is InChI=1S/C11H13Cl2N3O2S/c1-10(6-11(10,12)13)8(17)15-16-9(19)14-5-7-3-2-4-18-7/h2-4H,5-6H2,1H3,(H,15,17)(H2,14,16,19)/t10-/m1/s1. The molecule has 5 nitrogen and oxygen atoms in total. The van der Waals surface area contributed by atoms with Crippen molar-refractivity contribution in [2.24, 2.45) is 5.41 Å². The molecule has 2 rings (SSSR count). The molecule has 0 bridgehead atoms. The van der Waals surface area contributed by atoms with E-state index in [2.05, 4.69) is 16.2 Å². The van der Waals surface area contributed by atoms with Crippen LogP contribution in [0.4, 0.5) is 0 Å². The fraction of sp³-hybridized carbons (Fsp3) is 0.455. The first kappa shape index (κ1) is 14.4. The molecule has 1 heterocycles. The monoisotopic (exact) mass is 321 g/mol. The van der Waals surface area contributed by atoms with Gasteiger partial charge in [-0.1, -0.05) is 0 Å². The van der Waals surface area contributed by atoms with Crippen molar-refractivity contribution in [2.75, 3.05) is 0 Å². The molecule has 0 radical (unpaired) electrons. The molecule has 1 aromatic rings. The molecule has 0 aliphatic heterocycles. The molecule has 19 heavy (non-hydrogen) atoms. The Bertz CT molecular complexity index is 492. The molecule has 1 aromatic heterocycles. The van der Waals surface area contributed by atoms with Gasteiger partial charge in [0.2, 0.25) is 5.91 Å². The summed E-state index contributed by atoms with van der Waals surface area (Å²) in [7, 11) is 0. The molecular weight excluding hydrogens is 309 g/mol. The molecular formula is C11H13Cl2N3O2S. The van der Waals surface area contributed by atoms with Gasteiger partial charge in [-0.15, -0.1) is 23.2 Å². The number of hydrogen-bond donors (Lipinski definition) is 3. The minimum atomic E-state index is -0.998. The molecule has 1 amide bonds. The van der Waals surface area contributed by atoms with Crippen molar-refractivity contribution < 1.29 is 9.21 Å². The van der Waals surface area contributed by atoms with Crippen LogP contribution in [0.5, 0.6) is 0 Å². The number of carbonyl (C=O) groups excluding carboxylic acids is 1. The smallest absolute Gasteiger partial charge is 0.247 e. The number of carbonyl (C=O) groups is 1. The summed E-state index contributed by atoms with van der Waals surface area (Å²) in [6.07, 6.45) is 1.99. The zero-order chi connectivity index (χ0) is 14.1. The summed E-state index contributed by atoms with van der Waals surface area (Å²) >= 11 is 16.8. The van der Waals surface area contributed by atoms with Crippen molar-refractivity contribution in [3.05, 3.63) is 24.2 Å². The first-order valence-corrected chi connectivity index (χ1v) is 6.76. The number of rotatable bonds is 3. The Labute approximate surface area is 126 Å². The van der Waals surface area contributed by atoms with E-state index in [9.17, 15) is 4.79 Å². The van der Waals surface area contributed by atoms with E-state index in [0.29, 0.717) is 13.0 Å². The number of thiocarbonyl (C=S) groups is 1. The quantitative estimate of drug-likeness (QED) is 0.450. The predicted molar refractivity (Wildman–Crippen MR) is 76.6 cm³/mol. The summed E-state index contributed by atoms with van der Waals surface area (Å²) in [4.78, 5) is 11.8. The van der Waals surface area contributed by atoms with Gasteiger partial charge in [-0.3, -0.25) is 15.6 Å². The lowest BCUT2D eigenvalue weighted by molar-refractivity contribution is -0.126. The number of nitrogens with one attached hydrogen (secondary N) is 3. The van der Waals surface area contributed by atoms with Crippen molar-refractivity contribution in [3.63, 3.8) is 0 Å². The second-order valence-electron chi connectivity index (χ2n) is 4.55. The van der Waals surface area contributed by atoms with E-state index in [1.165, 1.54) is 0 Å². The fourth-order valence-corrected chi connectivity index (χ4v) is 2.35. The normalized spacial score (nSPS) is 23.5. The van der Waals surface area contributed by atoms with Crippen LogP contribution < -0.4 is 16.2 Å². The van der Waals surface area contributed by atoms with Gasteiger partial charge in [0.15, 0.2) is 5.11 Å². The van der Waals surface area contributed by atoms with Gasteiger partial charge >= 0.3 is 0 Å². The van der Waals surface area contributed by atoms with Gasteiger partial charge in [0, 0.05) is 0 Å². The van der Waals surface area contributed by atoms with Crippen LogP contribution >= 0.6 is 35.4 Å². The zero-order valence-corrected chi connectivity index (χ0v) is 12.5.